The Morgan fingerprint density at radius 2 is 2.00 bits per heavy atom. The van der Waals surface area contributed by atoms with Gasteiger partial charge in [-0.15, -0.1) is 0 Å². The monoisotopic (exact) mass is 297 g/mol. The maximum atomic E-state index is 11.9. The first-order valence-corrected chi connectivity index (χ1v) is 6.78. The molecule has 1 atom stereocenters. The Bertz CT molecular complexity index is 510. The van der Waals surface area contributed by atoms with Crippen molar-refractivity contribution in [1.29, 1.82) is 0 Å². The van der Waals surface area contributed by atoms with E-state index in [0.29, 0.717) is 11.7 Å². The van der Waals surface area contributed by atoms with Gasteiger partial charge in [-0.25, -0.2) is 0 Å². The average molecular weight is 297 g/mol. The van der Waals surface area contributed by atoms with E-state index in [4.69, 9.17) is 10.3 Å². The van der Waals surface area contributed by atoms with Crippen molar-refractivity contribution < 1.29 is 14.1 Å². The van der Waals surface area contributed by atoms with Gasteiger partial charge in [0.15, 0.2) is 5.82 Å². The molecule has 118 valence electrons. The molecule has 0 spiro atoms. The molecule has 1 aromatic rings. The summed E-state index contributed by atoms with van der Waals surface area (Å²) < 4.78 is 4.89. The maximum Gasteiger partial charge on any atom is 0.240 e. The maximum absolute atomic E-state index is 11.9. The van der Waals surface area contributed by atoms with Gasteiger partial charge in [0, 0.05) is 6.92 Å². The van der Waals surface area contributed by atoms with Gasteiger partial charge in [-0.2, -0.15) is 4.98 Å². The molecule has 8 nitrogen and oxygen atoms in total. The van der Waals surface area contributed by atoms with Gasteiger partial charge < -0.3 is 20.9 Å². The van der Waals surface area contributed by atoms with E-state index in [-0.39, 0.29) is 24.3 Å². The zero-order valence-corrected chi connectivity index (χ0v) is 13.1. The van der Waals surface area contributed by atoms with Crippen molar-refractivity contribution in [2.24, 2.45) is 11.7 Å². The average Bonchev–Trinajstić information content (AvgIpc) is 2.82. The molecule has 0 aliphatic carbocycles. The third kappa shape index (κ3) is 4.82. The number of carbonyl (C=O) groups excluding carboxylic acids is 2. The lowest BCUT2D eigenvalue weighted by Gasteiger charge is -2.23. The Balaban J connectivity index is 2.52. The molecule has 0 saturated heterocycles. The summed E-state index contributed by atoms with van der Waals surface area (Å²) in [7, 11) is 0. The summed E-state index contributed by atoms with van der Waals surface area (Å²) in [5.41, 5.74) is 4.90. The lowest BCUT2D eigenvalue weighted by atomic mass is 10.0. The van der Waals surface area contributed by atoms with Crippen molar-refractivity contribution in [2.45, 2.75) is 46.2 Å². The summed E-state index contributed by atoms with van der Waals surface area (Å²) in [6, 6.07) is -0.634. The molecule has 1 aromatic heterocycles. The molecule has 0 aromatic carbocycles. The highest BCUT2D eigenvalue weighted by atomic mass is 16.5. The fourth-order valence-electron chi connectivity index (χ4n) is 1.59. The van der Waals surface area contributed by atoms with Crippen LogP contribution >= 0.6 is 0 Å². The molecular formula is C13H23N5O3. The number of nitrogens with two attached hydrogens (primary N) is 1. The zero-order chi connectivity index (χ0) is 16.2. The van der Waals surface area contributed by atoms with Crippen LogP contribution in [0.4, 0.5) is 0 Å². The molecule has 8 heteroatoms. The highest BCUT2D eigenvalue weighted by Crippen LogP contribution is 2.15. The molecule has 0 bridgehead atoms. The Labute approximate surface area is 123 Å². The van der Waals surface area contributed by atoms with Gasteiger partial charge in [-0.3, -0.25) is 9.59 Å². The topological polar surface area (TPSA) is 123 Å². The highest BCUT2D eigenvalue weighted by Gasteiger charge is 2.28. The number of nitrogens with zero attached hydrogens (tertiary/aromatic N) is 2. The summed E-state index contributed by atoms with van der Waals surface area (Å²) in [5, 5.41) is 9.01. The van der Waals surface area contributed by atoms with E-state index in [0.717, 1.165) is 0 Å². The lowest BCUT2D eigenvalue weighted by molar-refractivity contribution is -0.128. The number of rotatable bonds is 6. The van der Waals surface area contributed by atoms with Crippen molar-refractivity contribution in [1.82, 2.24) is 20.8 Å². The number of nitrogens with one attached hydrogen (secondary N) is 2. The van der Waals surface area contributed by atoms with Gasteiger partial charge in [0.1, 0.15) is 0 Å². The second-order valence-electron chi connectivity index (χ2n) is 5.80. The molecule has 1 rings (SSSR count). The van der Waals surface area contributed by atoms with Crippen LogP contribution in [0.1, 0.15) is 39.4 Å². The quantitative estimate of drug-likeness (QED) is 0.670. The number of hydrogen-bond acceptors (Lipinski definition) is 6. The van der Waals surface area contributed by atoms with E-state index in [1.807, 2.05) is 13.8 Å². The van der Waals surface area contributed by atoms with Crippen molar-refractivity contribution in [2.75, 3.05) is 6.54 Å². The van der Waals surface area contributed by atoms with Gasteiger partial charge >= 0.3 is 0 Å². The van der Waals surface area contributed by atoms with E-state index in [2.05, 4.69) is 20.8 Å². The molecule has 2 amide bonds. The Hall–Kier alpha value is -1.96. The normalized spacial score (nSPS) is 13.1. The third-order valence-electron chi connectivity index (χ3n) is 2.98. The van der Waals surface area contributed by atoms with Crippen LogP contribution in [0, 0.1) is 12.8 Å². The first-order chi connectivity index (χ1) is 9.63. The summed E-state index contributed by atoms with van der Waals surface area (Å²) in [5.74, 6) is 0.0917. The predicted octanol–water partition coefficient (Wildman–Crippen LogP) is -0.171. The van der Waals surface area contributed by atoms with Crippen LogP contribution in [-0.4, -0.2) is 34.5 Å². The fourth-order valence-corrected chi connectivity index (χ4v) is 1.59. The molecule has 21 heavy (non-hydrogen) atoms. The van der Waals surface area contributed by atoms with Gasteiger partial charge in [-0.1, -0.05) is 19.0 Å². The fraction of sp³-hybridized carbons (Fsp3) is 0.692. The minimum atomic E-state index is -0.792. The smallest absolute Gasteiger partial charge is 0.240 e. The van der Waals surface area contributed by atoms with Crippen LogP contribution in [0.5, 0.6) is 0 Å². The molecule has 0 fully saturated rings. The molecule has 0 unspecified atom stereocenters. The van der Waals surface area contributed by atoms with Crippen LogP contribution in [0.15, 0.2) is 4.52 Å². The molecule has 0 aliphatic rings. The number of amides is 2. The van der Waals surface area contributed by atoms with E-state index < -0.39 is 11.6 Å². The molecule has 0 saturated carbocycles. The second-order valence-corrected chi connectivity index (χ2v) is 5.80. The van der Waals surface area contributed by atoms with Gasteiger partial charge in [-0.05, 0) is 19.8 Å². The second kappa shape index (κ2) is 6.66. The molecule has 4 N–H and O–H groups in total. The van der Waals surface area contributed by atoms with E-state index in [1.54, 1.807) is 20.8 Å². The van der Waals surface area contributed by atoms with Crippen molar-refractivity contribution >= 4 is 11.8 Å². The first kappa shape index (κ1) is 17.1. The predicted molar refractivity (Wildman–Crippen MR) is 76.0 cm³/mol. The number of hydrogen-bond donors (Lipinski definition) is 3. The van der Waals surface area contributed by atoms with Gasteiger partial charge in [0.2, 0.25) is 17.7 Å². The van der Waals surface area contributed by atoms with Crippen molar-refractivity contribution in [3.05, 3.63) is 11.7 Å². The van der Waals surface area contributed by atoms with Crippen molar-refractivity contribution in [3.8, 4) is 0 Å². The zero-order valence-electron chi connectivity index (χ0n) is 13.1. The summed E-state index contributed by atoms with van der Waals surface area (Å²) in [4.78, 5) is 27.6. The Morgan fingerprint density at radius 1 is 1.38 bits per heavy atom. The largest absolute Gasteiger partial charge is 0.346 e. The third-order valence-corrected chi connectivity index (χ3v) is 2.98. The number of aryl methyl sites for hydroxylation is 1. The molecule has 0 aliphatic heterocycles. The summed E-state index contributed by atoms with van der Waals surface area (Å²) >= 11 is 0. The highest BCUT2D eigenvalue weighted by molar-refractivity contribution is 5.87. The van der Waals surface area contributed by atoms with Gasteiger partial charge in [0.05, 0.1) is 18.1 Å². The van der Waals surface area contributed by atoms with Crippen LogP contribution in [-0.2, 0) is 15.1 Å². The van der Waals surface area contributed by atoms with E-state index in [1.165, 1.54) is 0 Å². The molecule has 0 radical (unpaired) electrons. The SMILES string of the molecule is Cc1nc(C(C)(C)NC(=O)CNC(=O)[C@@H](N)C(C)C)no1. The Kier molecular flexibility index (Phi) is 5.42. The van der Waals surface area contributed by atoms with Gasteiger partial charge in [0.25, 0.3) is 0 Å². The first-order valence-electron chi connectivity index (χ1n) is 6.78. The van der Waals surface area contributed by atoms with Crippen LogP contribution < -0.4 is 16.4 Å². The van der Waals surface area contributed by atoms with Crippen LogP contribution in [0.2, 0.25) is 0 Å². The number of carbonyl (C=O) groups is 2. The minimum Gasteiger partial charge on any atom is -0.346 e. The van der Waals surface area contributed by atoms with Crippen LogP contribution in [0.25, 0.3) is 0 Å². The molecule has 1 heterocycles. The van der Waals surface area contributed by atoms with Crippen LogP contribution in [0.3, 0.4) is 0 Å². The van der Waals surface area contributed by atoms with E-state index in [9.17, 15) is 9.59 Å². The summed E-state index contributed by atoms with van der Waals surface area (Å²) in [6.45, 7) is 8.69. The minimum absolute atomic E-state index is 0.00630. The molecular weight excluding hydrogens is 274 g/mol. The number of aromatic nitrogens is 2. The standard InChI is InChI=1S/C13H23N5O3/c1-7(2)10(14)11(20)15-6-9(19)17-13(4,5)12-16-8(3)21-18-12/h7,10H,6,14H2,1-5H3,(H,15,20)(H,17,19)/t10-/m0/s1. The van der Waals surface area contributed by atoms with Crippen molar-refractivity contribution in [3.63, 3.8) is 0 Å². The Morgan fingerprint density at radius 3 is 2.48 bits per heavy atom. The lowest BCUT2D eigenvalue weighted by Crippen LogP contribution is -2.50. The van der Waals surface area contributed by atoms with E-state index >= 15 is 0 Å². The summed E-state index contributed by atoms with van der Waals surface area (Å²) in [6.07, 6.45) is 0.